The van der Waals surface area contributed by atoms with Gasteiger partial charge in [0.25, 0.3) is 0 Å². The second kappa shape index (κ2) is 7.97. The van der Waals surface area contributed by atoms with E-state index in [0.29, 0.717) is 19.7 Å². The van der Waals surface area contributed by atoms with Crippen LogP contribution in [-0.2, 0) is 9.53 Å². The molecular weight excluding hydrogens is 172 g/mol. The van der Waals surface area contributed by atoms with Gasteiger partial charge in [-0.2, -0.15) is 0 Å². The monoisotopic (exact) mass is 190 g/mol. The van der Waals surface area contributed by atoms with E-state index in [9.17, 15) is 4.79 Å². The Morgan fingerprint density at radius 2 is 2.31 bits per heavy atom. The average molecular weight is 190 g/mol. The van der Waals surface area contributed by atoms with Crippen LogP contribution < -0.4 is 10.6 Å². The maximum atomic E-state index is 11.0. The molecule has 1 atom stereocenters. The minimum absolute atomic E-state index is 0.0855. The van der Waals surface area contributed by atoms with Crippen molar-refractivity contribution < 1.29 is 14.6 Å². The van der Waals surface area contributed by atoms with E-state index in [1.54, 1.807) is 14.0 Å². The molecule has 3 N–H and O–H groups in total. The van der Waals surface area contributed by atoms with Crippen LogP contribution in [-0.4, -0.2) is 50.5 Å². The largest absolute Gasteiger partial charge is 0.392 e. The fraction of sp³-hybridized carbons (Fsp3) is 0.875. The van der Waals surface area contributed by atoms with Crippen LogP contribution in [0.4, 0.5) is 0 Å². The van der Waals surface area contributed by atoms with Crippen LogP contribution in [0.5, 0.6) is 0 Å². The molecule has 78 valence electrons. The Balaban J connectivity index is 3.20. The van der Waals surface area contributed by atoms with E-state index in [2.05, 4.69) is 10.6 Å². The molecule has 0 saturated carbocycles. The summed E-state index contributed by atoms with van der Waals surface area (Å²) in [6, 6.07) is 0. The first-order chi connectivity index (χ1) is 6.16. The molecule has 0 aromatic heterocycles. The molecule has 0 aromatic rings. The molecule has 0 rings (SSSR count). The molecule has 1 unspecified atom stereocenters. The second-order valence-electron chi connectivity index (χ2n) is 2.82. The van der Waals surface area contributed by atoms with Gasteiger partial charge in [-0.1, -0.05) is 0 Å². The molecule has 13 heavy (non-hydrogen) atoms. The van der Waals surface area contributed by atoms with Gasteiger partial charge in [0.15, 0.2) is 0 Å². The summed E-state index contributed by atoms with van der Waals surface area (Å²) in [7, 11) is 1.58. The molecule has 0 aromatic carbocycles. The smallest absolute Gasteiger partial charge is 0.234 e. The lowest BCUT2D eigenvalue weighted by Gasteiger charge is -2.07. The zero-order valence-corrected chi connectivity index (χ0v) is 8.17. The first kappa shape index (κ1) is 12.3. The molecule has 0 aliphatic heterocycles. The highest BCUT2D eigenvalue weighted by molar-refractivity contribution is 5.77. The van der Waals surface area contributed by atoms with Gasteiger partial charge in [0.2, 0.25) is 5.91 Å². The van der Waals surface area contributed by atoms with Crippen molar-refractivity contribution in [3.8, 4) is 0 Å². The van der Waals surface area contributed by atoms with E-state index < -0.39 is 6.10 Å². The lowest BCUT2D eigenvalue weighted by Crippen LogP contribution is -2.37. The van der Waals surface area contributed by atoms with Crippen molar-refractivity contribution >= 4 is 5.91 Å². The number of carbonyl (C=O) groups is 1. The number of hydrogen-bond acceptors (Lipinski definition) is 4. The summed E-state index contributed by atoms with van der Waals surface area (Å²) < 4.78 is 4.76. The summed E-state index contributed by atoms with van der Waals surface area (Å²) in [6.07, 6.45) is -0.424. The topological polar surface area (TPSA) is 70.6 Å². The molecule has 0 heterocycles. The maximum absolute atomic E-state index is 11.0. The highest BCUT2D eigenvalue weighted by Crippen LogP contribution is 1.74. The zero-order chi connectivity index (χ0) is 10.1. The van der Waals surface area contributed by atoms with Gasteiger partial charge in [0.1, 0.15) is 0 Å². The normalized spacial score (nSPS) is 12.5. The number of aliphatic hydroxyl groups excluding tert-OH is 1. The quantitative estimate of drug-likeness (QED) is 0.437. The van der Waals surface area contributed by atoms with Crippen molar-refractivity contribution in [2.45, 2.75) is 13.0 Å². The summed E-state index contributed by atoms with van der Waals surface area (Å²) >= 11 is 0. The third kappa shape index (κ3) is 9.26. The first-order valence-corrected chi connectivity index (χ1v) is 4.31. The fourth-order valence-electron chi connectivity index (χ4n) is 0.750. The van der Waals surface area contributed by atoms with Gasteiger partial charge >= 0.3 is 0 Å². The van der Waals surface area contributed by atoms with Gasteiger partial charge in [-0.25, -0.2) is 0 Å². The number of rotatable bonds is 7. The molecular formula is C8H18N2O3. The minimum atomic E-state index is -0.424. The van der Waals surface area contributed by atoms with Crippen molar-refractivity contribution in [3.63, 3.8) is 0 Å². The number of methoxy groups -OCH3 is 1. The van der Waals surface area contributed by atoms with Crippen molar-refractivity contribution in [2.75, 3.05) is 33.4 Å². The number of hydrogen-bond donors (Lipinski definition) is 3. The van der Waals surface area contributed by atoms with Crippen LogP contribution in [0.25, 0.3) is 0 Å². The predicted molar refractivity (Wildman–Crippen MR) is 49.4 cm³/mol. The summed E-state index contributed by atoms with van der Waals surface area (Å²) in [5, 5.41) is 14.3. The van der Waals surface area contributed by atoms with Crippen LogP contribution in [0, 0.1) is 0 Å². The predicted octanol–water partition coefficient (Wildman–Crippen LogP) is -1.28. The fourth-order valence-corrected chi connectivity index (χ4v) is 0.750. The number of aliphatic hydroxyl groups is 1. The van der Waals surface area contributed by atoms with Gasteiger partial charge in [0, 0.05) is 20.2 Å². The van der Waals surface area contributed by atoms with Gasteiger partial charge in [-0.05, 0) is 6.92 Å². The number of nitrogens with one attached hydrogen (secondary N) is 2. The number of ether oxygens (including phenoxy) is 1. The Kier molecular flexibility index (Phi) is 7.57. The molecule has 0 fully saturated rings. The van der Waals surface area contributed by atoms with Gasteiger partial charge < -0.3 is 20.5 Å². The van der Waals surface area contributed by atoms with E-state index in [1.165, 1.54) is 0 Å². The van der Waals surface area contributed by atoms with Crippen LogP contribution in [0.3, 0.4) is 0 Å². The van der Waals surface area contributed by atoms with Crippen LogP contribution in [0.2, 0.25) is 0 Å². The standard InChI is InChI=1S/C8H18N2O3/c1-7(11)5-9-6-8(12)10-3-4-13-2/h7,9,11H,3-6H2,1-2H3,(H,10,12). The SMILES string of the molecule is COCCNC(=O)CNCC(C)O. The Labute approximate surface area is 78.5 Å². The third-order valence-electron chi connectivity index (χ3n) is 1.35. The van der Waals surface area contributed by atoms with E-state index in [1.807, 2.05) is 0 Å². The summed E-state index contributed by atoms with van der Waals surface area (Å²) in [5.41, 5.74) is 0. The van der Waals surface area contributed by atoms with Crippen molar-refractivity contribution in [3.05, 3.63) is 0 Å². The summed E-state index contributed by atoms with van der Waals surface area (Å²) in [6.45, 7) is 3.36. The van der Waals surface area contributed by atoms with Gasteiger partial charge in [-0.3, -0.25) is 4.79 Å². The molecule has 0 spiro atoms. The van der Waals surface area contributed by atoms with Gasteiger partial charge in [-0.15, -0.1) is 0 Å². The average Bonchev–Trinajstić information content (AvgIpc) is 2.04. The lowest BCUT2D eigenvalue weighted by molar-refractivity contribution is -0.120. The maximum Gasteiger partial charge on any atom is 0.234 e. The van der Waals surface area contributed by atoms with Gasteiger partial charge in [0.05, 0.1) is 19.3 Å². The van der Waals surface area contributed by atoms with Crippen LogP contribution in [0.1, 0.15) is 6.92 Å². The third-order valence-corrected chi connectivity index (χ3v) is 1.35. The van der Waals surface area contributed by atoms with Crippen molar-refractivity contribution in [1.29, 1.82) is 0 Å². The lowest BCUT2D eigenvalue weighted by atomic mass is 10.4. The second-order valence-corrected chi connectivity index (χ2v) is 2.82. The summed E-state index contributed by atoms with van der Waals surface area (Å²) in [4.78, 5) is 11.0. The highest BCUT2D eigenvalue weighted by Gasteiger charge is 2.00. The van der Waals surface area contributed by atoms with Crippen molar-refractivity contribution in [1.82, 2.24) is 10.6 Å². The van der Waals surface area contributed by atoms with E-state index >= 15 is 0 Å². The molecule has 5 nitrogen and oxygen atoms in total. The van der Waals surface area contributed by atoms with E-state index in [-0.39, 0.29) is 12.5 Å². The number of amides is 1. The van der Waals surface area contributed by atoms with Crippen LogP contribution >= 0.6 is 0 Å². The molecule has 5 heteroatoms. The van der Waals surface area contributed by atoms with Crippen LogP contribution in [0.15, 0.2) is 0 Å². The molecule has 0 bridgehead atoms. The first-order valence-electron chi connectivity index (χ1n) is 4.31. The van der Waals surface area contributed by atoms with Crippen molar-refractivity contribution in [2.24, 2.45) is 0 Å². The molecule has 0 saturated heterocycles. The minimum Gasteiger partial charge on any atom is -0.392 e. The number of carbonyl (C=O) groups excluding carboxylic acids is 1. The summed E-state index contributed by atoms with van der Waals surface area (Å²) in [5.74, 6) is -0.0855. The Morgan fingerprint density at radius 3 is 2.85 bits per heavy atom. The Hall–Kier alpha value is -0.650. The highest BCUT2D eigenvalue weighted by atomic mass is 16.5. The molecule has 0 aliphatic rings. The molecule has 1 amide bonds. The zero-order valence-electron chi connectivity index (χ0n) is 8.17. The Bertz CT molecular complexity index is 139. The van der Waals surface area contributed by atoms with E-state index in [4.69, 9.17) is 9.84 Å². The Morgan fingerprint density at radius 1 is 1.62 bits per heavy atom. The molecule has 0 radical (unpaired) electrons. The van der Waals surface area contributed by atoms with E-state index in [0.717, 1.165) is 0 Å². The molecule has 0 aliphatic carbocycles.